The highest BCUT2D eigenvalue weighted by Crippen LogP contribution is 2.20. The van der Waals surface area contributed by atoms with Gasteiger partial charge in [0, 0.05) is 19.3 Å². The minimum atomic E-state index is -3.78. The van der Waals surface area contributed by atoms with Crippen LogP contribution in [-0.2, 0) is 16.6 Å². The van der Waals surface area contributed by atoms with Crippen molar-refractivity contribution < 1.29 is 12.8 Å². The maximum Gasteiger partial charge on any atom is 0.243 e. The summed E-state index contributed by atoms with van der Waals surface area (Å²) in [7, 11) is -2.32. The zero-order chi connectivity index (χ0) is 15.6. The van der Waals surface area contributed by atoms with Gasteiger partial charge in [-0.3, -0.25) is 0 Å². The Morgan fingerprint density at radius 3 is 2.33 bits per heavy atom. The predicted molar refractivity (Wildman–Crippen MR) is 80.6 cm³/mol. The number of nitrogens with zero attached hydrogens (tertiary/aromatic N) is 1. The van der Waals surface area contributed by atoms with Crippen LogP contribution in [0.2, 0.25) is 0 Å². The Balaban J connectivity index is 2.28. The van der Waals surface area contributed by atoms with Gasteiger partial charge in [-0.15, -0.1) is 0 Å². The molecule has 112 valence electrons. The number of anilines is 1. The third-order valence-corrected chi connectivity index (χ3v) is 4.91. The van der Waals surface area contributed by atoms with Gasteiger partial charge in [0.15, 0.2) is 0 Å². The summed E-state index contributed by atoms with van der Waals surface area (Å²) in [6.07, 6.45) is 0. The van der Waals surface area contributed by atoms with Crippen LogP contribution in [0.4, 0.5) is 10.1 Å². The molecule has 0 saturated heterocycles. The van der Waals surface area contributed by atoms with Crippen molar-refractivity contribution in [3.63, 3.8) is 0 Å². The Labute approximate surface area is 124 Å². The fraction of sp³-hybridized carbons (Fsp3) is 0.200. The molecule has 0 spiro atoms. The average molecular weight is 308 g/mol. The van der Waals surface area contributed by atoms with E-state index in [9.17, 15) is 12.8 Å². The topological polar surface area (TPSA) is 63.4 Å². The van der Waals surface area contributed by atoms with Crippen LogP contribution in [0.15, 0.2) is 47.4 Å². The first-order chi connectivity index (χ1) is 9.79. The number of rotatable bonds is 4. The average Bonchev–Trinajstić information content (AvgIpc) is 2.40. The molecule has 0 atom stereocenters. The van der Waals surface area contributed by atoms with Crippen LogP contribution in [0.25, 0.3) is 0 Å². The zero-order valence-corrected chi connectivity index (χ0v) is 12.7. The number of halogens is 1. The van der Waals surface area contributed by atoms with Crippen LogP contribution in [0.3, 0.4) is 0 Å². The Kier molecular flexibility index (Phi) is 4.29. The quantitative estimate of drug-likeness (QED) is 0.883. The van der Waals surface area contributed by atoms with Crippen LogP contribution in [0.5, 0.6) is 0 Å². The Hall–Kier alpha value is -1.92. The van der Waals surface area contributed by atoms with Gasteiger partial charge in [0.25, 0.3) is 0 Å². The van der Waals surface area contributed by atoms with E-state index >= 15 is 0 Å². The maximum absolute atomic E-state index is 13.3. The van der Waals surface area contributed by atoms with Gasteiger partial charge in [-0.05, 0) is 30.7 Å². The summed E-state index contributed by atoms with van der Waals surface area (Å²) in [6, 6.07) is 10.9. The van der Waals surface area contributed by atoms with Crippen molar-refractivity contribution in [1.29, 1.82) is 0 Å². The molecule has 2 N–H and O–H groups in total. The molecule has 0 aromatic heterocycles. The molecule has 0 bridgehead atoms. The van der Waals surface area contributed by atoms with E-state index in [1.807, 2.05) is 31.2 Å². The summed E-state index contributed by atoms with van der Waals surface area (Å²) in [4.78, 5) is -0.144. The second-order valence-corrected chi connectivity index (χ2v) is 7.01. The Bertz CT molecular complexity index is 723. The summed E-state index contributed by atoms with van der Waals surface area (Å²) >= 11 is 0. The fourth-order valence-electron chi connectivity index (χ4n) is 1.95. The van der Waals surface area contributed by atoms with E-state index in [-0.39, 0.29) is 17.1 Å². The molecule has 0 heterocycles. The summed E-state index contributed by atoms with van der Waals surface area (Å²) in [5.41, 5.74) is 7.54. The van der Waals surface area contributed by atoms with Gasteiger partial charge >= 0.3 is 0 Å². The standard InChI is InChI=1S/C15H17FN2O2S/c1-11-3-5-12(6-4-11)10-18(2)21(19,20)15-8-13(16)7-14(17)9-15/h3-9H,10,17H2,1-2H3. The van der Waals surface area contributed by atoms with E-state index in [0.717, 1.165) is 23.3 Å². The molecule has 21 heavy (non-hydrogen) atoms. The zero-order valence-electron chi connectivity index (χ0n) is 11.9. The molecule has 0 aliphatic heterocycles. The second-order valence-electron chi connectivity index (χ2n) is 4.97. The summed E-state index contributed by atoms with van der Waals surface area (Å²) in [5.74, 6) is -0.669. The van der Waals surface area contributed by atoms with E-state index in [2.05, 4.69) is 0 Å². The maximum atomic E-state index is 13.3. The molecule has 2 aromatic carbocycles. The second kappa shape index (κ2) is 5.83. The molecule has 0 aliphatic carbocycles. The van der Waals surface area contributed by atoms with E-state index in [1.165, 1.54) is 17.4 Å². The smallest absolute Gasteiger partial charge is 0.243 e. The number of nitrogen functional groups attached to an aromatic ring is 1. The molecular weight excluding hydrogens is 291 g/mol. The Morgan fingerprint density at radius 1 is 1.14 bits per heavy atom. The lowest BCUT2D eigenvalue weighted by Crippen LogP contribution is -2.26. The van der Waals surface area contributed by atoms with Gasteiger partial charge in [0.05, 0.1) is 4.90 Å². The molecule has 2 rings (SSSR count). The van der Waals surface area contributed by atoms with Crippen LogP contribution in [-0.4, -0.2) is 19.8 Å². The monoisotopic (exact) mass is 308 g/mol. The van der Waals surface area contributed by atoms with E-state index in [0.29, 0.717) is 0 Å². The lowest BCUT2D eigenvalue weighted by atomic mass is 10.1. The van der Waals surface area contributed by atoms with Crippen LogP contribution in [0, 0.1) is 12.7 Å². The predicted octanol–water partition coefficient (Wildman–Crippen LogP) is 2.54. The largest absolute Gasteiger partial charge is 0.399 e. The highest BCUT2D eigenvalue weighted by molar-refractivity contribution is 7.89. The molecule has 6 heteroatoms. The lowest BCUT2D eigenvalue weighted by molar-refractivity contribution is 0.466. The lowest BCUT2D eigenvalue weighted by Gasteiger charge is -2.17. The molecule has 0 radical (unpaired) electrons. The molecule has 0 amide bonds. The van der Waals surface area contributed by atoms with Gasteiger partial charge in [0.2, 0.25) is 10.0 Å². The first kappa shape index (κ1) is 15.5. The molecule has 0 unspecified atom stereocenters. The fourth-order valence-corrected chi connectivity index (χ4v) is 3.17. The molecular formula is C15H17FN2O2S. The van der Waals surface area contributed by atoms with Gasteiger partial charge < -0.3 is 5.73 Å². The third-order valence-electron chi connectivity index (χ3n) is 3.13. The summed E-state index contributed by atoms with van der Waals surface area (Å²) in [6.45, 7) is 2.17. The number of aryl methyl sites for hydroxylation is 1. The van der Waals surface area contributed by atoms with Crippen molar-refractivity contribution in [3.05, 3.63) is 59.4 Å². The van der Waals surface area contributed by atoms with E-state index in [4.69, 9.17) is 5.73 Å². The van der Waals surface area contributed by atoms with Gasteiger partial charge in [0.1, 0.15) is 5.82 Å². The molecule has 0 saturated carbocycles. The SMILES string of the molecule is Cc1ccc(CN(C)S(=O)(=O)c2cc(N)cc(F)c2)cc1. The van der Waals surface area contributed by atoms with Crippen LogP contribution in [0.1, 0.15) is 11.1 Å². The molecule has 2 aromatic rings. The molecule has 0 aliphatic rings. The highest BCUT2D eigenvalue weighted by atomic mass is 32.2. The van der Waals surface area contributed by atoms with Gasteiger partial charge in [-0.2, -0.15) is 4.31 Å². The van der Waals surface area contributed by atoms with Crippen LogP contribution >= 0.6 is 0 Å². The number of benzene rings is 2. The number of hydrogen-bond acceptors (Lipinski definition) is 3. The molecule has 0 fully saturated rings. The minimum absolute atomic E-state index is 0.0808. The van der Waals surface area contributed by atoms with Gasteiger partial charge in [-0.1, -0.05) is 29.8 Å². The van der Waals surface area contributed by atoms with Crippen molar-refractivity contribution in [2.24, 2.45) is 0 Å². The molecule has 4 nitrogen and oxygen atoms in total. The van der Waals surface area contributed by atoms with Crippen molar-refractivity contribution in [1.82, 2.24) is 4.31 Å². The normalized spacial score (nSPS) is 11.8. The van der Waals surface area contributed by atoms with Crippen molar-refractivity contribution in [2.75, 3.05) is 12.8 Å². The van der Waals surface area contributed by atoms with Gasteiger partial charge in [-0.25, -0.2) is 12.8 Å². The number of hydrogen-bond donors (Lipinski definition) is 1. The number of nitrogens with two attached hydrogens (primary N) is 1. The third kappa shape index (κ3) is 3.59. The first-order valence-corrected chi connectivity index (χ1v) is 7.81. The van der Waals surface area contributed by atoms with Crippen molar-refractivity contribution >= 4 is 15.7 Å². The Morgan fingerprint density at radius 2 is 1.76 bits per heavy atom. The summed E-state index contributed by atoms with van der Waals surface area (Å²) in [5, 5.41) is 0. The highest BCUT2D eigenvalue weighted by Gasteiger charge is 2.22. The summed E-state index contributed by atoms with van der Waals surface area (Å²) < 4.78 is 39.3. The number of sulfonamides is 1. The van der Waals surface area contributed by atoms with Crippen molar-refractivity contribution in [3.8, 4) is 0 Å². The van der Waals surface area contributed by atoms with E-state index in [1.54, 1.807) is 0 Å². The van der Waals surface area contributed by atoms with Crippen molar-refractivity contribution in [2.45, 2.75) is 18.4 Å². The first-order valence-electron chi connectivity index (χ1n) is 6.37. The van der Waals surface area contributed by atoms with Crippen LogP contribution < -0.4 is 5.73 Å². The minimum Gasteiger partial charge on any atom is -0.399 e. The van der Waals surface area contributed by atoms with E-state index < -0.39 is 15.8 Å².